The number of carbonyl (C=O) groups excluding carboxylic acids is 3. The van der Waals surface area contributed by atoms with Gasteiger partial charge in [0.15, 0.2) is 0 Å². The van der Waals surface area contributed by atoms with E-state index >= 15 is 0 Å². The monoisotopic (exact) mass is 461 g/mol. The van der Waals surface area contributed by atoms with Crippen molar-refractivity contribution in [1.82, 2.24) is 9.88 Å². The predicted octanol–water partition coefficient (Wildman–Crippen LogP) is 3.39. The molecule has 0 bridgehead atoms. The third kappa shape index (κ3) is 3.93. The van der Waals surface area contributed by atoms with Gasteiger partial charge in [0.2, 0.25) is 0 Å². The molecule has 9 heteroatoms. The van der Waals surface area contributed by atoms with Gasteiger partial charge in [-0.05, 0) is 69.2 Å². The minimum Gasteiger partial charge on any atom is -0.394 e. The molecule has 1 fully saturated rings. The molecule has 0 radical (unpaired) electrons. The Bertz CT molecular complexity index is 1100. The maximum Gasteiger partial charge on any atom is 0.294 e. The molecule has 2 aliphatic rings. The fraction of sp³-hybridized carbons (Fsp3) is 0.435. The quantitative estimate of drug-likeness (QED) is 0.453. The second-order valence-corrected chi connectivity index (χ2v) is 8.96. The number of aromatic nitrogens is 1. The molecule has 0 spiro atoms. The molecule has 2 heterocycles. The van der Waals surface area contributed by atoms with Crippen LogP contribution in [0.2, 0.25) is 5.02 Å². The van der Waals surface area contributed by atoms with Gasteiger partial charge < -0.3 is 20.3 Å². The lowest BCUT2D eigenvalue weighted by Gasteiger charge is -2.40. The van der Waals surface area contributed by atoms with Crippen molar-refractivity contribution >= 4 is 34.9 Å². The zero-order valence-electron chi connectivity index (χ0n) is 17.8. The molecule has 1 aliphatic carbocycles. The highest BCUT2D eigenvalue weighted by molar-refractivity contribution is 6.48. The first kappa shape index (κ1) is 22.5. The van der Waals surface area contributed by atoms with Gasteiger partial charge in [-0.15, -0.1) is 0 Å². The third-order valence-electron chi connectivity index (χ3n) is 6.41. The molecule has 2 amide bonds. The topological polar surface area (TPSA) is 100 Å². The minimum absolute atomic E-state index is 0.00767. The Labute approximate surface area is 189 Å². The van der Waals surface area contributed by atoms with Crippen molar-refractivity contribution in [3.05, 3.63) is 51.6 Å². The number of carbonyl (C=O) groups is 3. The molecular formula is C23H25ClFN3O4. The lowest BCUT2D eigenvalue weighted by molar-refractivity contribution is -0.120. The molecule has 0 saturated heterocycles. The van der Waals surface area contributed by atoms with Crippen LogP contribution in [0.4, 0.5) is 10.1 Å². The summed E-state index contributed by atoms with van der Waals surface area (Å²) in [6, 6.07) is 4.22. The van der Waals surface area contributed by atoms with E-state index in [1.54, 1.807) is 11.5 Å². The van der Waals surface area contributed by atoms with Crippen molar-refractivity contribution in [2.45, 2.75) is 57.5 Å². The van der Waals surface area contributed by atoms with Gasteiger partial charge in [-0.2, -0.15) is 0 Å². The summed E-state index contributed by atoms with van der Waals surface area (Å²) in [7, 11) is 0. The van der Waals surface area contributed by atoms with E-state index in [4.69, 9.17) is 11.6 Å². The van der Waals surface area contributed by atoms with Crippen LogP contribution >= 0.6 is 11.6 Å². The maximum absolute atomic E-state index is 13.6. The molecule has 4 rings (SSSR count). The molecule has 2 aromatic rings. The summed E-state index contributed by atoms with van der Waals surface area (Å²) in [5, 5.41) is 14.9. The number of nitrogens with one attached hydrogen (secondary N) is 2. The molecule has 0 atom stereocenters. The van der Waals surface area contributed by atoms with E-state index in [9.17, 15) is 23.9 Å². The van der Waals surface area contributed by atoms with Crippen LogP contribution in [0.25, 0.3) is 0 Å². The molecule has 32 heavy (non-hydrogen) atoms. The van der Waals surface area contributed by atoms with E-state index in [1.807, 2.05) is 0 Å². The van der Waals surface area contributed by atoms with Crippen molar-refractivity contribution in [3.8, 4) is 0 Å². The molecule has 7 nitrogen and oxygen atoms in total. The van der Waals surface area contributed by atoms with Gasteiger partial charge in [0.05, 0.1) is 22.7 Å². The lowest BCUT2D eigenvalue weighted by Crippen LogP contribution is -2.57. The van der Waals surface area contributed by atoms with Gasteiger partial charge in [0, 0.05) is 17.9 Å². The zero-order valence-corrected chi connectivity index (χ0v) is 18.5. The van der Waals surface area contributed by atoms with Gasteiger partial charge >= 0.3 is 0 Å². The summed E-state index contributed by atoms with van der Waals surface area (Å²) >= 11 is 6.54. The highest BCUT2D eigenvalue weighted by atomic mass is 35.5. The molecule has 1 saturated carbocycles. The SMILES string of the molecule is Cc1cc(NC(=O)c2c(Cl)c(C(=O)C(=O)NC3(CO)CCC3)n3c2CCCC3)ccc1F. The van der Waals surface area contributed by atoms with Crippen molar-refractivity contribution in [1.29, 1.82) is 0 Å². The van der Waals surface area contributed by atoms with E-state index < -0.39 is 23.1 Å². The number of hydrogen-bond donors (Lipinski definition) is 3. The second kappa shape index (κ2) is 8.67. The Balaban J connectivity index is 1.66. The van der Waals surface area contributed by atoms with Crippen LogP contribution in [0.3, 0.4) is 0 Å². The average molecular weight is 462 g/mol. The Hall–Kier alpha value is -2.71. The van der Waals surface area contributed by atoms with Crippen LogP contribution in [-0.4, -0.2) is 39.4 Å². The number of benzene rings is 1. The van der Waals surface area contributed by atoms with Crippen LogP contribution in [0.15, 0.2) is 18.2 Å². The van der Waals surface area contributed by atoms with Gasteiger partial charge in [-0.25, -0.2) is 4.39 Å². The number of aliphatic hydroxyl groups excluding tert-OH is 1. The van der Waals surface area contributed by atoms with E-state index in [0.29, 0.717) is 42.8 Å². The summed E-state index contributed by atoms with van der Waals surface area (Å²) in [6.45, 7) is 1.82. The van der Waals surface area contributed by atoms with Crippen LogP contribution < -0.4 is 10.6 Å². The highest BCUT2D eigenvalue weighted by Gasteiger charge is 2.41. The highest BCUT2D eigenvalue weighted by Crippen LogP contribution is 2.35. The van der Waals surface area contributed by atoms with Crippen molar-refractivity contribution in [2.24, 2.45) is 0 Å². The largest absolute Gasteiger partial charge is 0.394 e. The van der Waals surface area contributed by atoms with Crippen LogP contribution in [0.1, 0.15) is 64.2 Å². The van der Waals surface area contributed by atoms with Gasteiger partial charge in [0.25, 0.3) is 17.6 Å². The van der Waals surface area contributed by atoms with Gasteiger partial charge in [0.1, 0.15) is 11.5 Å². The number of anilines is 1. The van der Waals surface area contributed by atoms with E-state index in [-0.39, 0.29) is 28.7 Å². The molecular weight excluding hydrogens is 437 g/mol. The predicted molar refractivity (Wildman–Crippen MR) is 118 cm³/mol. The number of halogens is 2. The first-order chi connectivity index (χ1) is 15.3. The summed E-state index contributed by atoms with van der Waals surface area (Å²) in [6.07, 6.45) is 4.23. The van der Waals surface area contributed by atoms with E-state index in [2.05, 4.69) is 10.6 Å². The number of ketones is 1. The standard InChI is InChI=1S/C23H25ClFN3O4/c1-13-11-14(6-7-15(13)25)26-21(31)17-16-5-2-3-10-28(16)19(18(17)24)20(30)22(32)27-23(12-29)8-4-9-23/h6-7,11,29H,2-5,8-10,12H2,1H3,(H,26,31)(H,27,32). The number of aliphatic hydroxyl groups is 1. The zero-order chi connectivity index (χ0) is 23.0. The number of amides is 2. The van der Waals surface area contributed by atoms with Crippen molar-refractivity contribution in [3.63, 3.8) is 0 Å². The smallest absolute Gasteiger partial charge is 0.294 e. The van der Waals surface area contributed by atoms with Crippen LogP contribution in [0, 0.1) is 12.7 Å². The summed E-state index contributed by atoms with van der Waals surface area (Å²) < 4.78 is 15.2. The van der Waals surface area contributed by atoms with Crippen molar-refractivity contribution < 1.29 is 23.9 Å². The number of aryl methyl sites for hydroxylation is 1. The Kier molecular flexibility index (Phi) is 6.09. The number of fused-ring (bicyclic) bond motifs is 1. The summed E-state index contributed by atoms with van der Waals surface area (Å²) in [5.74, 6) is -2.56. The van der Waals surface area contributed by atoms with Gasteiger partial charge in [-0.3, -0.25) is 14.4 Å². The molecule has 1 aliphatic heterocycles. The lowest BCUT2D eigenvalue weighted by atomic mass is 9.77. The molecule has 1 aromatic heterocycles. The van der Waals surface area contributed by atoms with Crippen LogP contribution in [0.5, 0.6) is 0 Å². The fourth-order valence-electron chi connectivity index (χ4n) is 4.40. The van der Waals surface area contributed by atoms with E-state index in [0.717, 1.165) is 19.3 Å². The fourth-order valence-corrected chi connectivity index (χ4v) is 4.79. The Morgan fingerprint density at radius 3 is 2.59 bits per heavy atom. The number of nitrogens with zero attached hydrogens (tertiary/aromatic N) is 1. The third-order valence-corrected chi connectivity index (χ3v) is 6.78. The average Bonchev–Trinajstić information content (AvgIpc) is 3.04. The minimum atomic E-state index is -0.840. The molecule has 1 aromatic carbocycles. The molecule has 170 valence electrons. The first-order valence-electron chi connectivity index (χ1n) is 10.7. The van der Waals surface area contributed by atoms with Crippen molar-refractivity contribution in [2.75, 3.05) is 11.9 Å². The maximum atomic E-state index is 13.6. The number of rotatable bonds is 6. The normalized spacial score (nSPS) is 16.6. The Morgan fingerprint density at radius 2 is 1.97 bits per heavy atom. The summed E-state index contributed by atoms with van der Waals surface area (Å²) in [5.41, 5.74) is 0.776. The molecule has 0 unspecified atom stereocenters. The number of Topliss-reactive ketones (excluding diaryl/α,β-unsaturated/α-hetero) is 1. The van der Waals surface area contributed by atoms with Gasteiger partial charge in [-0.1, -0.05) is 11.6 Å². The first-order valence-corrected chi connectivity index (χ1v) is 11.1. The Morgan fingerprint density at radius 1 is 1.22 bits per heavy atom. The van der Waals surface area contributed by atoms with Crippen LogP contribution in [-0.2, 0) is 17.8 Å². The summed E-state index contributed by atoms with van der Waals surface area (Å²) in [4.78, 5) is 38.9. The number of hydrogen-bond acceptors (Lipinski definition) is 4. The van der Waals surface area contributed by atoms with E-state index in [1.165, 1.54) is 18.2 Å². The second-order valence-electron chi connectivity index (χ2n) is 8.59. The molecule has 3 N–H and O–H groups in total.